The first-order valence-corrected chi connectivity index (χ1v) is 1.01. The van der Waals surface area contributed by atoms with Crippen molar-refractivity contribution in [2.75, 3.05) is 0 Å². The summed E-state index contributed by atoms with van der Waals surface area (Å²) in [7, 11) is 0. The fourth-order valence-electron chi connectivity index (χ4n) is 0. The third-order valence-corrected chi connectivity index (χ3v) is 0.143. The SMILES string of the molecule is FC(F)=C(F)F.[NH4+]. The van der Waals surface area contributed by atoms with Gasteiger partial charge in [0.1, 0.15) is 0 Å². The minimum absolute atomic E-state index is 0. The van der Waals surface area contributed by atoms with Crippen LogP contribution >= 0.6 is 0 Å². The molecule has 0 aliphatic rings. The van der Waals surface area contributed by atoms with Crippen LogP contribution in [0.3, 0.4) is 0 Å². The fourth-order valence-corrected chi connectivity index (χ4v) is 0. The van der Waals surface area contributed by atoms with Gasteiger partial charge >= 0.3 is 12.2 Å². The van der Waals surface area contributed by atoms with E-state index in [2.05, 4.69) is 0 Å². The van der Waals surface area contributed by atoms with Crippen LogP contribution in [-0.2, 0) is 0 Å². The summed E-state index contributed by atoms with van der Waals surface area (Å²) in [5, 5.41) is 0. The van der Waals surface area contributed by atoms with Crippen molar-refractivity contribution in [1.29, 1.82) is 0 Å². The molecule has 0 saturated carbocycles. The maximum Gasteiger partial charge on any atom is 0.334 e. The molecule has 4 N–H and O–H groups in total. The standard InChI is InChI=1S/C2F4.H3N/c3-1(4)2(5)6;/h;1H3/p+1. The number of hydrogen-bond acceptors (Lipinski definition) is 0. The third-order valence-electron chi connectivity index (χ3n) is 0.143. The zero-order chi connectivity index (χ0) is 5.15. The molecule has 0 aromatic rings. The molecule has 44 valence electrons. The highest BCUT2D eigenvalue weighted by atomic mass is 19.3. The first-order chi connectivity index (χ1) is 2.64. The Morgan fingerprint density at radius 2 is 0.857 bits per heavy atom. The molecule has 0 rings (SSSR count). The molecule has 0 heterocycles. The van der Waals surface area contributed by atoms with E-state index in [1.54, 1.807) is 0 Å². The molecule has 5 heteroatoms. The first kappa shape index (κ1) is 9.65. The topological polar surface area (TPSA) is 36.5 Å². The van der Waals surface area contributed by atoms with E-state index in [4.69, 9.17) is 0 Å². The van der Waals surface area contributed by atoms with Crippen molar-refractivity contribution >= 4 is 0 Å². The number of quaternary nitrogens is 1. The Hall–Kier alpha value is -0.580. The molecule has 0 saturated heterocycles. The molecule has 0 amide bonds. The molecule has 0 spiro atoms. The van der Waals surface area contributed by atoms with Crippen LogP contribution in [0, 0.1) is 0 Å². The Morgan fingerprint density at radius 1 is 0.714 bits per heavy atom. The van der Waals surface area contributed by atoms with E-state index in [0.717, 1.165) is 0 Å². The molecule has 0 aliphatic carbocycles. The maximum atomic E-state index is 10.3. The zero-order valence-corrected chi connectivity index (χ0v) is 3.51. The van der Waals surface area contributed by atoms with Crippen molar-refractivity contribution in [3.05, 3.63) is 12.2 Å². The Bertz CT molecular complexity index is 59.8. The quantitative estimate of drug-likeness (QED) is 0.474. The summed E-state index contributed by atoms with van der Waals surface area (Å²) >= 11 is 0. The van der Waals surface area contributed by atoms with Gasteiger partial charge in [0.15, 0.2) is 0 Å². The smallest absolute Gasteiger partial charge is 0.334 e. The molecule has 0 bridgehead atoms. The van der Waals surface area contributed by atoms with Crippen molar-refractivity contribution < 1.29 is 17.6 Å². The van der Waals surface area contributed by atoms with E-state index < -0.39 is 12.2 Å². The van der Waals surface area contributed by atoms with Gasteiger partial charge in [-0.1, -0.05) is 0 Å². The summed E-state index contributed by atoms with van der Waals surface area (Å²) in [4.78, 5) is 0. The monoisotopic (exact) mass is 118 g/mol. The van der Waals surface area contributed by atoms with Gasteiger partial charge in [-0.05, 0) is 0 Å². The Kier molecular flexibility index (Phi) is 4.97. The zero-order valence-electron chi connectivity index (χ0n) is 3.51. The van der Waals surface area contributed by atoms with Crippen molar-refractivity contribution in [2.45, 2.75) is 0 Å². The largest absolute Gasteiger partial charge is 0.369 e. The highest BCUT2D eigenvalue weighted by Crippen LogP contribution is 2.08. The lowest BCUT2D eigenvalue weighted by atomic mass is 11.1. The van der Waals surface area contributed by atoms with E-state index in [9.17, 15) is 17.6 Å². The molecule has 0 aromatic carbocycles. The predicted octanol–water partition coefficient (Wildman–Crippen LogP) is 2.37. The van der Waals surface area contributed by atoms with Crippen LogP contribution in [0.2, 0.25) is 0 Å². The Morgan fingerprint density at radius 3 is 0.857 bits per heavy atom. The molecule has 0 fully saturated rings. The molecule has 0 unspecified atom stereocenters. The minimum Gasteiger partial charge on any atom is -0.369 e. The summed E-state index contributed by atoms with van der Waals surface area (Å²) in [6, 6.07) is 0. The van der Waals surface area contributed by atoms with E-state index in [0.29, 0.717) is 0 Å². The van der Waals surface area contributed by atoms with Gasteiger partial charge in [-0.3, -0.25) is 0 Å². The molecule has 7 heavy (non-hydrogen) atoms. The minimum atomic E-state index is -2.91. The normalized spacial score (nSPS) is 6.86. The molecule has 0 aromatic heterocycles. The Balaban J connectivity index is 0. The van der Waals surface area contributed by atoms with Crippen LogP contribution < -0.4 is 6.15 Å². The third kappa shape index (κ3) is 5.42. The lowest BCUT2D eigenvalue weighted by molar-refractivity contribution is 0.308. The van der Waals surface area contributed by atoms with Crippen molar-refractivity contribution in [1.82, 2.24) is 6.15 Å². The summed E-state index contributed by atoms with van der Waals surface area (Å²) in [6.45, 7) is 0. The second-order valence-corrected chi connectivity index (χ2v) is 0.521. The van der Waals surface area contributed by atoms with E-state index in [-0.39, 0.29) is 6.15 Å². The average Bonchev–Trinajstić information content (AvgIpc) is 1.36. The molecule has 0 aliphatic heterocycles. The first-order valence-electron chi connectivity index (χ1n) is 1.01. The summed E-state index contributed by atoms with van der Waals surface area (Å²) in [6.07, 6.45) is -5.81. The van der Waals surface area contributed by atoms with Gasteiger partial charge in [-0.15, -0.1) is 0 Å². The van der Waals surface area contributed by atoms with Crippen LogP contribution in [0.15, 0.2) is 12.2 Å². The van der Waals surface area contributed by atoms with Crippen LogP contribution in [0.1, 0.15) is 0 Å². The van der Waals surface area contributed by atoms with Crippen molar-refractivity contribution in [3.8, 4) is 0 Å². The molecule has 0 radical (unpaired) electrons. The second-order valence-electron chi connectivity index (χ2n) is 0.521. The van der Waals surface area contributed by atoms with Gasteiger partial charge in [-0.2, -0.15) is 17.6 Å². The van der Waals surface area contributed by atoms with Gasteiger partial charge in [0.25, 0.3) is 0 Å². The van der Waals surface area contributed by atoms with Gasteiger partial charge < -0.3 is 6.15 Å². The van der Waals surface area contributed by atoms with Gasteiger partial charge in [0.05, 0.1) is 0 Å². The predicted molar refractivity (Wildman–Crippen MR) is 17.4 cm³/mol. The van der Waals surface area contributed by atoms with Crippen molar-refractivity contribution in [2.24, 2.45) is 0 Å². The summed E-state index contributed by atoms with van der Waals surface area (Å²) in [5.41, 5.74) is 0. The second kappa shape index (κ2) is 3.60. The fraction of sp³-hybridized carbons (Fsp3) is 0. The van der Waals surface area contributed by atoms with Gasteiger partial charge in [-0.25, -0.2) is 0 Å². The maximum absolute atomic E-state index is 10.3. The van der Waals surface area contributed by atoms with Crippen LogP contribution in [0.4, 0.5) is 17.6 Å². The molecule has 0 atom stereocenters. The highest BCUT2D eigenvalue weighted by molar-refractivity contribution is 4.77. The summed E-state index contributed by atoms with van der Waals surface area (Å²) < 4.78 is 41.1. The number of hydrogen-bond donors (Lipinski definition) is 1. The van der Waals surface area contributed by atoms with Crippen LogP contribution in [-0.4, -0.2) is 0 Å². The van der Waals surface area contributed by atoms with E-state index in [1.807, 2.05) is 0 Å². The summed E-state index contributed by atoms with van der Waals surface area (Å²) in [5.74, 6) is 0. The Labute approximate surface area is 37.2 Å². The lowest BCUT2D eigenvalue weighted by Crippen LogP contribution is -1.56. The van der Waals surface area contributed by atoms with Crippen LogP contribution in [0.5, 0.6) is 0 Å². The number of rotatable bonds is 0. The molecule has 1 nitrogen and oxygen atoms in total. The van der Waals surface area contributed by atoms with Gasteiger partial charge in [0, 0.05) is 0 Å². The van der Waals surface area contributed by atoms with E-state index in [1.165, 1.54) is 0 Å². The van der Waals surface area contributed by atoms with Crippen LogP contribution in [0.25, 0.3) is 0 Å². The molecular weight excluding hydrogens is 114 g/mol. The van der Waals surface area contributed by atoms with Gasteiger partial charge in [0.2, 0.25) is 0 Å². The van der Waals surface area contributed by atoms with Crippen molar-refractivity contribution in [3.63, 3.8) is 0 Å². The number of halogens is 4. The highest BCUT2D eigenvalue weighted by Gasteiger charge is 1.98. The average molecular weight is 118 g/mol. The molecular formula is C2H4F4N+. The lowest BCUT2D eigenvalue weighted by Gasteiger charge is -1.69. The van der Waals surface area contributed by atoms with E-state index >= 15 is 0 Å².